The maximum Gasteiger partial charge on any atom is 0.407 e. The number of alkyl carbamates (subject to hydrolysis) is 1. The number of allylic oxidation sites excluding steroid dienone is 1. The molecule has 0 radical (unpaired) electrons. The first-order chi connectivity index (χ1) is 7.39. The van der Waals surface area contributed by atoms with Gasteiger partial charge in [0, 0.05) is 12.5 Å². The van der Waals surface area contributed by atoms with Gasteiger partial charge in [-0.1, -0.05) is 6.08 Å². The largest absolute Gasteiger partial charge is 0.444 e. The Balaban J connectivity index is 4.11. The molecule has 1 atom stereocenters. The molecule has 0 aromatic rings. The smallest absolute Gasteiger partial charge is 0.407 e. The van der Waals surface area contributed by atoms with Crippen LogP contribution in [0.25, 0.3) is 0 Å². The summed E-state index contributed by atoms with van der Waals surface area (Å²) in [7, 11) is 0. The fourth-order valence-corrected chi connectivity index (χ4v) is 1.16. The lowest BCUT2D eigenvalue weighted by Crippen LogP contribution is -2.39. The average Bonchev–Trinajstić information content (AvgIpc) is 2.11. The molecule has 1 N–H and O–H groups in total. The van der Waals surface area contributed by atoms with Crippen molar-refractivity contribution in [2.75, 3.05) is 0 Å². The summed E-state index contributed by atoms with van der Waals surface area (Å²) in [5, 5.41) is 2.67. The van der Waals surface area contributed by atoms with Gasteiger partial charge in [-0.25, -0.2) is 4.79 Å². The van der Waals surface area contributed by atoms with Crippen molar-refractivity contribution < 1.29 is 14.3 Å². The third-order valence-electron chi connectivity index (χ3n) is 1.82. The van der Waals surface area contributed by atoms with E-state index in [2.05, 4.69) is 11.9 Å². The monoisotopic (exact) mass is 227 g/mol. The number of carbonyl (C=O) groups excluding carboxylic acids is 2. The van der Waals surface area contributed by atoms with Crippen LogP contribution in [0.15, 0.2) is 12.7 Å². The zero-order valence-electron chi connectivity index (χ0n) is 10.3. The molecule has 0 heterocycles. The van der Waals surface area contributed by atoms with Crippen LogP contribution in [0.2, 0.25) is 0 Å². The number of rotatable bonds is 6. The number of amides is 1. The highest BCUT2D eigenvalue weighted by Crippen LogP contribution is 2.08. The van der Waals surface area contributed by atoms with Gasteiger partial charge in [0.05, 0.1) is 0 Å². The number of ether oxygens (including phenoxy) is 1. The average molecular weight is 227 g/mol. The van der Waals surface area contributed by atoms with Crippen molar-refractivity contribution in [1.29, 1.82) is 0 Å². The third-order valence-corrected chi connectivity index (χ3v) is 1.82. The van der Waals surface area contributed by atoms with E-state index in [1.807, 2.05) is 0 Å². The molecule has 0 aliphatic rings. The second kappa shape index (κ2) is 7.04. The Kier molecular flexibility index (Phi) is 6.46. The molecule has 4 nitrogen and oxygen atoms in total. The lowest BCUT2D eigenvalue weighted by molar-refractivity contribution is -0.108. The Bertz CT molecular complexity index is 243. The number of aldehydes is 1. The molecule has 0 spiro atoms. The van der Waals surface area contributed by atoms with Crippen LogP contribution in [0.5, 0.6) is 0 Å². The molecule has 0 aromatic carbocycles. The molecule has 0 bridgehead atoms. The van der Waals surface area contributed by atoms with E-state index >= 15 is 0 Å². The molecule has 0 saturated heterocycles. The van der Waals surface area contributed by atoms with Crippen LogP contribution in [0.1, 0.15) is 40.0 Å². The molecule has 0 unspecified atom stereocenters. The Morgan fingerprint density at radius 2 is 2.12 bits per heavy atom. The van der Waals surface area contributed by atoms with Gasteiger partial charge in [0.25, 0.3) is 0 Å². The molecule has 0 aliphatic heterocycles. The van der Waals surface area contributed by atoms with Gasteiger partial charge in [-0.05, 0) is 33.6 Å². The number of hydrogen-bond donors (Lipinski definition) is 1. The predicted molar refractivity (Wildman–Crippen MR) is 63.3 cm³/mol. The van der Waals surface area contributed by atoms with Gasteiger partial charge >= 0.3 is 6.09 Å². The van der Waals surface area contributed by atoms with Crippen molar-refractivity contribution in [3.8, 4) is 0 Å². The zero-order valence-corrected chi connectivity index (χ0v) is 10.3. The van der Waals surface area contributed by atoms with E-state index < -0.39 is 11.7 Å². The van der Waals surface area contributed by atoms with Gasteiger partial charge in [0.15, 0.2) is 0 Å². The third kappa shape index (κ3) is 8.03. The summed E-state index contributed by atoms with van der Waals surface area (Å²) in [5.74, 6) is 0. The Morgan fingerprint density at radius 3 is 2.56 bits per heavy atom. The van der Waals surface area contributed by atoms with Crippen LogP contribution in [0.4, 0.5) is 4.79 Å². The molecular weight excluding hydrogens is 206 g/mol. The van der Waals surface area contributed by atoms with Gasteiger partial charge in [0.1, 0.15) is 11.9 Å². The summed E-state index contributed by atoms with van der Waals surface area (Å²) in [6.07, 6.45) is 3.83. The SMILES string of the molecule is C=CCC[C@H](CC=O)NC(=O)OC(C)(C)C. The molecule has 0 saturated carbocycles. The van der Waals surface area contributed by atoms with Crippen molar-refractivity contribution >= 4 is 12.4 Å². The molecule has 92 valence electrons. The molecular formula is C12H21NO3. The van der Waals surface area contributed by atoms with Crippen LogP contribution >= 0.6 is 0 Å². The Hall–Kier alpha value is -1.32. The summed E-state index contributed by atoms with van der Waals surface area (Å²) in [5.41, 5.74) is -0.520. The predicted octanol–water partition coefficient (Wildman–Crippen LogP) is 2.43. The maximum atomic E-state index is 11.4. The van der Waals surface area contributed by atoms with Crippen molar-refractivity contribution in [3.63, 3.8) is 0 Å². The molecule has 4 heteroatoms. The van der Waals surface area contributed by atoms with Crippen LogP contribution in [-0.2, 0) is 9.53 Å². The van der Waals surface area contributed by atoms with Crippen molar-refractivity contribution in [2.45, 2.75) is 51.7 Å². The fraction of sp³-hybridized carbons (Fsp3) is 0.667. The van der Waals surface area contributed by atoms with E-state index in [0.717, 1.165) is 12.7 Å². The fourth-order valence-electron chi connectivity index (χ4n) is 1.16. The summed E-state index contributed by atoms with van der Waals surface area (Å²) >= 11 is 0. The van der Waals surface area contributed by atoms with Gasteiger partial charge in [-0.15, -0.1) is 6.58 Å². The quantitative estimate of drug-likeness (QED) is 0.560. The highest BCUT2D eigenvalue weighted by molar-refractivity contribution is 5.68. The summed E-state index contributed by atoms with van der Waals surface area (Å²) in [6.45, 7) is 8.99. The van der Waals surface area contributed by atoms with Gasteiger partial charge in [-0.2, -0.15) is 0 Å². The highest BCUT2D eigenvalue weighted by Gasteiger charge is 2.18. The molecule has 16 heavy (non-hydrogen) atoms. The second-order valence-corrected chi connectivity index (χ2v) is 4.61. The topological polar surface area (TPSA) is 55.4 Å². The minimum Gasteiger partial charge on any atom is -0.444 e. The summed E-state index contributed by atoms with van der Waals surface area (Å²) < 4.78 is 5.10. The normalized spacial score (nSPS) is 12.7. The minimum absolute atomic E-state index is 0.176. The van der Waals surface area contributed by atoms with Crippen LogP contribution in [0.3, 0.4) is 0 Å². The molecule has 1 amide bonds. The highest BCUT2D eigenvalue weighted by atomic mass is 16.6. The Morgan fingerprint density at radius 1 is 1.50 bits per heavy atom. The Labute approximate surface area is 97.1 Å². The van der Waals surface area contributed by atoms with E-state index in [1.165, 1.54) is 0 Å². The van der Waals surface area contributed by atoms with Crippen molar-refractivity contribution in [3.05, 3.63) is 12.7 Å². The lowest BCUT2D eigenvalue weighted by Gasteiger charge is -2.22. The lowest BCUT2D eigenvalue weighted by atomic mass is 10.1. The van der Waals surface area contributed by atoms with Crippen LogP contribution in [-0.4, -0.2) is 24.0 Å². The van der Waals surface area contributed by atoms with Gasteiger partial charge in [-0.3, -0.25) is 0 Å². The van der Waals surface area contributed by atoms with Gasteiger partial charge < -0.3 is 14.8 Å². The van der Waals surface area contributed by atoms with E-state index in [-0.39, 0.29) is 6.04 Å². The molecule has 0 rings (SSSR count). The van der Waals surface area contributed by atoms with E-state index in [9.17, 15) is 9.59 Å². The first kappa shape index (κ1) is 14.7. The standard InChI is InChI=1S/C12H21NO3/c1-5-6-7-10(8-9-14)13-11(15)16-12(2,3)4/h5,9-10H,1,6-8H2,2-4H3,(H,13,15)/t10-/m1/s1. The second-order valence-electron chi connectivity index (χ2n) is 4.61. The van der Waals surface area contributed by atoms with Crippen LogP contribution in [0, 0.1) is 0 Å². The number of nitrogens with one attached hydrogen (secondary N) is 1. The number of carbonyl (C=O) groups is 2. The first-order valence-electron chi connectivity index (χ1n) is 5.43. The van der Waals surface area contributed by atoms with E-state index in [0.29, 0.717) is 12.8 Å². The molecule has 0 aliphatic carbocycles. The van der Waals surface area contributed by atoms with Crippen molar-refractivity contribution in [2.24, 2.45) is 0 Å². The van der Waals surface area contributed by atoms with Crippen molar-refractivity contribution in [1.82, 2.24) is 5.32 Å². The van der Waals surface area contributed by atoms with Gasteiger partial charge in [0.2, 0.25) is 0 Å². The van der Waals surface area contributed by atoms with Crippen LogP contribution < -0.4 is 5.32 Å². The summed E-state index contributed by atoms with van der Waals surface area (Å²) in [6, 6.07) is -0.176. The maximum absolute atomic E-state index is 11.4. The molecule has 0 fully saturated rings. The minimum atomic E-state index is -0.520. The zero-order chi connectivity index (χ0) is 12.6. The first-order valence-corrected chi connectivity index (χ1v) is 5.43. The number of hydrogen-bond acceptors (Lipinski definition) is 3. The summed E-state index contributed by atoms with van der Waals surface area (Å²) in [4.78, 5) is 21.9. The van der Waals surface area contributed by atoms with E-state index in [4.69, 9.17) is 4.74 Å². The molecule has 0 aromatic heterocycles. The van der Waals surface area contributed by atoms with E-state index in [1.54, 1.807) is 26.8 Å².